The molecule has 1 aliphatic heterocycles. The summed E-state index contributed by atoms with van der Waals surface area (Å²) in [5, 5.41) is 11.8. The largest absolute Gasteiger partial charge is 0.370 e. The molecule has 4 nitrogen and oxygen atoms in total. The van der Waals surface area contributed by atoms with Crippen LogP contribution in [0.4, 0.5) is 11.5 Å². The summed E-state index contributed by atoms with van der Waals surface area (Å²) in [5.41, 5.74) is 1.22. The summed E-state index contributed by atoms with van der Waals surface area (Å²) in [6.45, 7) is 3.37. The van der Waals surface area contributed by atoms with E-state index in [0.717, 1.165) is 31.4 Å². The molecule has 0 radical (unpaired) electrons. The normalized spacial score (nSPS) is 20.6. The van der Waals surface area contributed by atoms with Crippen LogP contribution >= 0.6 is 0 Å². The van der Waals surface area contributed by atoms with Gasteiger partial charge in [-0.05, 0) is 31.6 Å². The highest BCUT2D eigenvalue weighted by molar-refractivity contribution is 5.52. The molecule has 1 saturated carbocycles. The van der Waals surface area contributed by atoms with Gasteiger partial charge >= 0.3 is 0 Å². The summed E-state index contributed by atoms with van der Waals surface area (Å²) in [7, 11) is 0. The second kappa shape index (κ2) is 5.55. The summed E-state index contributed by atoms with van der Waals surface area (Å²) in [4.78, 5) is 2.40. The van der Waals surface area contributed by atoms with Crippen LogP contribution in [0.2, 0.25) is 0 Å². The van der Waals surface area contributed by atoms with E-state index in [1.807, 2.05) is 6.20 Å². The molecule has 2 aliphatic rings. The fourth-order valence-electron chi connectivity index (χ4n) is 3.05. The summed E-state index contributed by atoms with van der Waals surface area (Å²) < 4.78 is 0. The Labute approximate surface area is 109 Å². The second-order valence-electron chi connectivity index (χ2n) is 5.52. The van der Waals surface area contributed by atoms with Gasteiger partial charge in [-0.3, -0.25) is 0 Å². The molecule has 0 atom stereocenters. The molecule has 1 aromatic heterocycles. The molecule has 2 heterocycles. The third-order valence-corrected chi connectivity index (χ3v) is 4.16. The molecule has 0 amide bonds. The molecule has 4 heteroatoms. The molecule has 0 spiro atoms. The molecular weight excluding hydrogens is 224 g/mol. The number of hydrogen-bond donors (Lipinski definition) is 1. The second-order valence-corrected chi connectivity index (χ2v) is 5.52. The van der Waals surface area contributed by atoms with Crippen molar-refractivity contribution in [2.24, 2.45) is 5.92 Å². The maximum absolute atomic E-state index is 4.18. The van der Waals surface area contributed by atoms with E-state index >= 15 is 0 Å². The molecule has 1 aromatic rings. The molecule has 1 aliphatic carbocycles. The van der Waals surface area contributed by atoms with Crippen LogP contribution in [0, 0.1) is 5.92 Å². The third-order valence-electron chi connectivity index (χ3n) is 4.16. The molecule has 1 N–H and O–H groups in total. The van der Waals surface area contributed by atoms with Crippen LogP contribution < -0.4 is 10.2 Å². The smallest absolute Gasteiger partial charge is 0.150 e. The van der Waals surface area contributed by atoms with Gasteiger partial charge in [0.2, 0.25) is 0 Å². The highest BCUT2D eigenvalue weighted by Crippen LogP contribution is 2.25. The summed E-state index contributed by atoms with van der Waals surface area (Å²) in [5.74, 6) is 1.77. The van der Waals surface area contributed by atoms with Gasteiger partial charge in [-0.15, -0.1) is 5.10 Å². The van der Waals surface area contributed by atoms with Crippen LogP contribution in [0.25, 0.3) is 0 Å². The molecule has 1 saturated heterocycles. The van der Waals surface area contributed by atoms with E-state index in [0.29, 0.717) is 0 Å². The average molecular weight is 246 g/mol. The van der Waals surface area contributed by atoms with Crippen molar-refractivity contribution >= 4 is 11.5 Å². The number of hydrogen-bond acceptors (Lipinski definition) is 4. The fraction of sp³-hybridized carbons (Fsp3) is 0.714. The van der Waals surface area contributed by atoms with Crippen molar-refractivity contribution in [3.63, 3.8) is 0 Å². The van der Waals surface area contributed by atoms with E-state index in [-0.39, 0.29) is 0 Å². The molecule has 0 aromatic carbocycles. The number of rotatable bonds is 4. The fourth-order valence-corrected chi connectivity index (χ4v) is 3.05. The van der Waals surface area contributed by atoms with Crippen molar-refractivity contribution in [2.75, 3.05) is 29.9 Å². The number of aromatic nitrogens is 2. The first-order valence-electron chi connectivity index (χ1n) is 7.23. The van der Waals surface area contributed by atoms with E-state index in [2.05, 4.69) is 26.5 Å². The topological polar surface area (TPSA) is 41.1 Å². The van der Waals surface area contributed by atoms with Crippen LogP contribution in [0.15, 0.2) is 12.3 Å². The Kier molecular flexibility index (Phi) is 3.62. The van der Waals surface area contributed by atoms with Crippen LogP contribution in [0.5, 0.6) is 0 Å². The SMILES string of the molecule is c1nnc(NCC2CCCC2)cc1N1CCCC1. The Hall–Kier alpha value is -1.32. The predicted molar refractivity (Wildman–Crippen MR) is 73.9 cm³/mol. The zero-order valence-corrected chi connectivity index (χ0v) is 10.9. The summed E-state index contributed by atoms with van der Waals surface area (Å²) in [6.07, 6.45) is 10.0. The lowest BCUT2D eigenvalue weighted by Crippen LogP contribution is -2.19. The van der Waals surface area contributed by atoms with Crippen LogP contribution in [0.1, 0.15) is 38.5 Å². The van der Waals surface area contributed by atoms with E-state index < -0.39 is 0 Å². The lowest BCUT2D eigenvalue weighted by atomic mass is 10.1. The minimum Gasteiger partial charge on any atom is -0.370 e. The van der Waals surface area contributed by atoms with Gasteiger partial charge in [0.15, 0.2) is 5.82 Å². The monoisotopic (exact) mass is 246 g/mol. The molecule has 0 bridgehead atoms. The lowest BCUT2D eigenvalue weighted by molar-refractivity contribution is 0.578. The lowest BCUT2D eigenvalue weighted by Gasteiger charge is -2.18. The van der Waals surface area contributed by atoms with Crippen molar-refractivity contribution in [3.05, 3.63) is 12.3 Å². The molecule has 98 valence electrons. The minimum atomic E-state index is 0.835. The van der Waals surface area contributed by atoms with Gasteiger partial charge in [-0.25, -0.2) is 0 Å². The first-order chi connectivity index (χ1) is 8.92. The average Bonchev–Trinajstić information content (AvgIpc) is 3.10. The van der Waals surface area contributed by atoms with Crippen molar-refractivity contribution in [1.82, 2.24) is 10.2 Å². The standard InChI is InChI=1S/C14H22N4/c1-2-6-12(5-1)10-15-14-9-13(11-16-17-14)18-7-3-4-8-18/h9,11-12H,1-8,10H2,(H,15,17). The molecular formula is C14H22N4. The van der Waals surface area contributed by atoms with Crippen molar-refractivity contribution < 1.29 is 0 Å². The van der Waals surface area contributed by atoms with Gasteiger partial charge in [0.25, 0.3) is 0 Å². The molecule has 0 unspecified atom stereocenters. The first kappa shape index (κ1) is 11.8. The highest BCUT2D eigenvalue weighted by atomic mass is 15.2. The Morgan fingerprint density at radius 3 is 2.72 bits per heavy atom. The van der Waals surface area contributed by atoms with Crippen LogP contribution in [-0.2, 0) is 0 Å². The molecule has 3 rings (SSSR count). The Bertz CT molecular complexity index is 381. The first-order valence-corrected chi connectivity index (χ1v) is 7.23. The van der Waals surface area contributed by atoms with Gasteiger partial charge in [0.05, 0.1) is 11.9 Å². The van der Waals surface area contributed by atoms with E-state index in [1.54, 1.807) is 0 Å². The quantitative estimate of drug-likeness (QED) is 0.887. The zero-order chi connectivity index (χ0) is 12.2. The number of anilines is 2. The maximum Gasteiger partial charge on any atom is 0.150 e. The summed E-state index contributed by atoms with van der Waals surface area (Å²) in [6, 6.07) is 2.15. The van der Waals surface area contributed by atoms with E-state index in [9.17, 15) is 0 Å². The van der Waals surface area contributed by atoms with Gasteiger partial charge in [-0.2, -0.15) is 5.10 Å². The van der Waals surface area contributed by atoms with Crippen molar-refractivity contribution in [1.29, 1.82) is 0 Å². The number of nitrogens with one attached hydrogen (secondary N) is 1. The van der Waals surface area contributed by atoms with Gasteiger partial charge in [0.1, 0.15) is 0 Å². The molecule has 2 fully saturated rings. The third kappa shape index (κ3) is 2.74. The van der Waals surface area contributed by atoms with Crippen molar-refractivity contribution in [2.45, 2.75) is 38.5 Å². The highest BCUT2D eigenvalue weighted by Gasteiger charge is 2.16. The maximum atomic E-state index is 4.18. The Balaban J connectivity index is 1.59. The Morgan fingerprint density at radius 1 is 1.17 bits per heavy atom. The van der Waals surface area contributed by atoms with Crippen molar-refractivity contribution in [3.8, 4) is 0 Å². The van der Waals surface area contributed by atoms with Gasteiger partial charge in [0, 0.05) is 25.7 Å². The van der Waals surface area contributed by atoms with Crippen LogP contribution in [0.3, 0.4) is 0 Å². The van der Waals surface area contributed by atoms with Gasteiger partial charge < -0.3 is 10.2 Å². The van der Waals surface area contributed by atoms with Gasteiger partial charge in [-0.1, -0.05) is 12.8 Å². The van der Waals surface area contributed by atoms with E-state index in [4.69, 9.17) is 0 Å². The predicted octanol–water partition coefficient (Wildman–Crippen LogP) is 2.68. The van der Waals surface area contributed by atoms with E-state index in [1.165, 1.54) is 44.2 Å². The Morgan fingerprint density at radius 2 is 1.94 bits per heavy atom. The minimum absolute atomic E-state index is 0.835. The summed E-state index contributed by atoms with van der Waals surface area (Å²) >= 11 is 0. The number of nitrogens with zero attached hydrogens (tertiary/aromatic N) is 3. The van der Waals surface area contributed by atoms with Crippen LogP contribution in [-0.4, -0.2) is 29.8 Å². The zero-order valence-electron chi connectivity index (χ0n) is 10.9. The molecule has 18 heavy (non-hydrogen) atoms.